The maximum Gasteiger partial charge on any atom is 0.193 e. The fourth-order valence-electron chi connectivity index (χ4n) is 2.39. The van der Waals surface area contributed by atoms with Gasteiger partial charge in [0, 0.05) is 39.1 Å². The number of benzene rings is 1. The molecule has 0 saturated heterocycles. The van der Waals surface area contributed by atoms with Crippen LogP contribution in [0.2, 0.25) is 0 Å². The Balaban J connectivity index is 1.95. The minimum Gasteiger partial charge on any atom is -0.497 e. The summed E-state index contributed by atoms with van der Waals surface area (Å²) < 4.78 is 5.20. The third-order valence-electron chi connectivity index (χ3n) is 3.66. The van der Waals surface area contributed by atoms with Gasteiger partial charge in [0.1, 0.15) is 5.75 Å². The van der Waals surface area contributed by atoms with Crippen LogP contribution in [0.4, 0.5) is 0 Å². The molecule has 128 valence electrons. The van der Waals surface area contributed by atoms with Crippen LogP contribution in [0.5, 0.6) is 5.75 Å². The molecule has 5 heteroatoms. The van der Waals surface area contributed by atoms with Crippen molar-refractivity contribution in [3.05, 3.63) is 59.9 Å². The van der Waals surface area contributed by atoms with Gasteiger partial charge < -0.3 is 15.0 Å². The van der Waals surface area contributed by atoms with Crippen molar-refractivity contribution in [2.24, 2.45) is 4.99 Å². The van der Waals surface area contributed by atoms with E-state index in [9.17, 15) is 0 Å². The van der Waals surface area contributed by atoms with Crippen LogP contribution in [-0.4, -0.2) is 43.1 Å². The Morgan fingerprint density at radius 3 is 2.62 bits per heavy atom. The minimum absolute atomic E-state index is 0.737. The zero-order valence-electron chi connectivity index (χ0n) is 14.7. The number of rotatable bonds is 7. The van der Waals surface area contributed by atoms with E-state index in [0.29, 0.717) is 0 Å². The number of nitrogens with one attached hydrogen (secondary N) is 1. The van der Waals surface area contributed by atoms with Crippen molar-refractivity contribution in [1.29, 1.82) is 0 Å². The number of guanidine groups is 1. The molecule has 0 aliphatic heterocycles. The van der Waals surface area contributed by atoms with E-state index in [1.54, 1.807) is 13.3 Å². The summed E-state index contributed by atoms with van der Waals surface area (Å²) in [4.78, 5) is 11.0. The highest BCUT2D eigenvalue weighted by Gasteiger charge is 2.06. The third-order valence-corrected chi connectivity index (χ3v) is 3.66. The molecule has 0 amide bonds. The molecule has 0 aliphatic rings. The molecule has 0 fully saturated rings. The number of aromatic nitrogens is 1. The molecule has 1 aromatic carbocycles. The Labute approximate surface area is 144 Å². The van der Waals surface area contributed by atoms with Crippen molar-refractivity contribution >= 4 is 5.96 Å². The normalized spacial score (nSPS) is 11.2. The lowest BCUT2D eigenvalue weighted by Crippen LogP contribution is -2.38. The van der Waals surface area contributed by atoms with Gasteiger partial charge in [0.15, 0.2) is 5.96 Å². The van der Waals surface area contributed by atoms with Gasteiger partial charge in [-0.05, 0) is 42.7 Å². The summed E-state index contributed by atoms with van der Waals surface area (Å²) in [6.07, 6.45) is 4.57. The van der Waals surface area contributed by atoms with Crippen LogP contribution in [0.3, 0.4) is 0 Å². The first kappa shape index (κ1) is 17.8. The SMILES string of the molecule is CCNC(=NCCc1cccnc1)N(C)Cc1ccc(OC)cc1. The summed E-state index contributed by atoms with van der Waals surface area (Å²) in [6, 6.07) is 12.2. The van der Waals surface area contributed by atoms with Gasteiger partial charge in [-0.2, -0.15) is 0 Å². The van der Waals surface area contributed by atoms with Crippen molar-refractivity contribution < 1.29 is 4.74 Å². The van der Waals surface area contributed by atoms with E-state index >= 15 is 0 Å². The Bertz CT molecular complexity index is 626. The molecule has 5 nitrogen and oxygen atoms in total. The van der Waals surface area contributed by atoms with Crippen molar-refractivity contribution in [2.75, 3.05) is 27.2 Å². The highest BCUT2D eigenvalue weighted by molar-refractivity contribution is 5.79. The smallest absolute Gasteiger partial charge is 0.193 e. The third kappa shape index (κ3) is 5.57. The number of nitrogens with zero attached hydrogens (tertiary/aromatic N) is 3. The fraction of sp³-hybridized carbons (Fsp3) is 0.368. The van der Waals surface area contributed by atoms with Gasteiger partial charge in [0.25, 0.3) is 0 Å². The Morgan fingerprint density at radius 1 is 1.21 bits per heavy atom. The van der Waals surface area contributed by atoms with Gasteiger partial charge >= 0.3 is 0 Å². The number of hydrogen-bond acceptors (Lipinski definition) is 3. The van der Waals surface area contributed by atoms with Crippen molar-refractivity contribution in [2.45, 2.75) is 19.9 Å². The van der Waals surface area contributed by atoms with E-state index in [1.165, 1.54) is 11.1 Å². The highest BCUT2D eigenvalue weighted by atomic mass is 16.5. The molecule has 24 heavy (non-hydrogen) atoms. The van der Waals surface area contributed by atoms with E-state index in [1.807, 2.05) is 24.4 Å². The molecular weight excluding hydrogens is 300 g/mol. The van der Waals surface area contributed by atoms with E-state index in [2.05, 4.69) is 47.4 Å². The number of methoxy groups -OCH3 is 1. The minimum atomic E-state index is 0.737. The molecule has 1 heterocycles. The molecule has 0 aliphatic carbocycles. The predicted octanol–water partition coefficient (Wildman–Crippen LogP) is 2.73. The number of ether oxygens (including phenoxy) is 1. The fourth-order valence-corrected chi connectivity index (χ4v) is 2.39. The molecule has 0 radical (unpaired) electrons. The molecule has 0 bridgehead atoms. The predicted molar refractivity (Wildman–Crippen MR) is 98.4 cm³/mol. The Morgan fingerprint density at radius 2 is 2.00 bits per heavy atom. The zero-order valence-corrected chi connectivity index (χ0v) is 14.7. The largest absolute Gasteiger partial charge is 0.497 e. The van der Waals surface area contributed by atoms with E-state index < -0.39 is 0 Å². The topological polar surface area (TPSA) is 49.8 Å². The van der Waals surface area contributed by atoms with Crippen LogP contribution < -0.4 is 10.1 Å². The zero-order chi connectivity index (χ0) is 17.2. The molecule has 2 aromatic rings. The molecule has 0 spiro atoms. The maximum atomic E-state index is 5.20. The Kier molecular flexibility index (Phi) is 7.08. The second-order valence-corrected chi connectivity index (χ2v) is 5.55. The van der Waals surface area contributed by atoms with E-state index in [4.69, 9.17) is 9.73 Å². The van der Waals surface area contributed by atoms with Crippen LogP contribution in [-0.2, 0) is 13.0 Å². The van der Waals surface area contributed by atoms with Crippen LogP contribution >= 0.6 is 0 Å². The maximum absolute atomic E-state index is 5.20. The average molecular weight is 326 g/mol. The van der Waals surface area contributed by atoms with E-state index in [0.717, 1.165) is 37.8 Å². The summed E-state index contributed by atoms with van der Waals surface area (Å²) >= 11 is 0. The van der Waals surface area contributed by atoms with Gasteiger partial charge in [0.05, 0.1) is 7.11 Å². The van der Waals surface area contributed by atoms with Gasteiger partial charge in [-0.1, -0.05) is 18.2 Å². The van der Waals surface area contributed by atoms with Gasteiger partial charge in [0.2, 0.25) is 0 Å². The summed E-state index contributed by atoms with van der Waals surface area (Å²) in [7, 11) is 3.73. The summed E-state index contributed by atoms with van der Waals surface area (Å²) in [5.74, 6) is 1.79. The van der Waals surface area contributed by atoms with Gasteiger partial charge in [-0.15, -0.1) is 0 Å². The first-order chi connectivity index (χ1) is 11.7. The molecule has 0 unspecified atom stereocenters. The Hall–Kier alpha value is -2.56. The second-order valence-electron chi connectivity index (χ2n) is 5.55. The monoisotopic (exact) mass is 326 g/mol. The average Bonchev–Trinajstić information content (AvgIpc) is 2.62. The molecule has 1 N–H and O–H groups in total. The van der Waals surface area contributed by atoms with Crippen molar-refractivity contribution in [3.63, 3.8) is 0 Å². The lowest BCUT2D eigenvalue weighted by molar-refractivity contribution is 0.414. The van der Waals surface area contributed by atoms with Crippen molar-refractivity contribution in [3.8, 4) is 5.75 Å². The lowest BCUT2D eigenvalue weighted by atomic mass is 10.2. The molecule has 0 saturated carbocycles. The number of aliphatic imine (C=N–C) groups is 1. The number of pyridine rings is 1. The first-order valence-corrected chi connectivity index (χ1v) is 8.24. The quantitative estimate of drug-likeness (QED) is 0.628. The van der Waals surface area contributed by atoms with Crippen LogP contribution in [0.1, 0.15) is 18.1 Å². The van der Waals surface area contributed by atoms with E-state index in [-0.39, 0.29) is 0 Å². The standard InChI is InChI=1S/C19H26N4O/c1-4-21-19(22-13-11-16-6-5-12-20-14-16)23(2)15-17-7-9-18(24-3)10-8-17/h5-10,12,14H,4,11,13,15H2,1-3H3,(H,21,22). The molecular formula is C19H26N4O. The summed E-state index contributed by atoms with van der Waals surface area (Å²) in [6.45, 7) is 4.46. The van der Waals surface area contributed by atoms with Crippen molar-refractivity contribution in [1.82, 2.24) is 15.2 Å². The first-order valence-electron chi connectivity index (χ1n) is 8.24. The van der Waals surface area contributed by atoms with Gasteiger partial charge in [-0.3, -0.25) is 9.98 Å². The summed E-state index contributed by atoms with van der Waals surface area (Å²) in [5, 5.41) is 3.35. The van der Waals surface area contributed by atoms with Crippen LogP contribution in [0, 0.1) is 0 Å². The summed E-state index contributed by atoms with van der Waals surface area (Å²) in [5.41, 5.74) is 2.42. The number of hydrogen-bond donors (Lipinski definition) is 1. The second kappa shape index (κ2) is 9.55. The molecule has 0 atom stereocenters. The molecule has 1 aromatic heterocycles. The highest BCUT2D eigenvalue weighted by Crippen LogP contribution is 2.12. The lowest BCUT2D eigenvalue weighted by Gasteiger charge is -2.22. The van der Waals surface area contributed by atoms with Crippen LogP contribution in [0.15, 0.2) is 53.8 Å². The molecule has 2 rings (SSSR count). The van der Waals surface area contributed by atoms with Gasteiger partial charge in [-0.25, -0.2) is 0 Å². The van der Waals surface area contributed by atoms with Crippen LogP contribution in [0.25, 0.3) is 0 Å².